The second-order valence-electron chi connectivity index (χ2n) is 5.82. The lowest BCUT2D eigenvalue weighted by molar-refractivity contribution is -0.384. The summed E-state index contributed by atoms with van der Waals surface area (Å²) in [4.78, 5) is 22.6. The number of hydrogen-bond donors (Lipinski definition) is 1. The monoisotopic (exact) mass is 383 g/mol. The quantitative estimate of drug-likeness (QED) is 0.397. The molecule has 1 aromatic heterocycles. The summed E-state index contributed by atoms with van der Waals surface area (Å²) in [5.74, 6) is 0.559. The molecule has 0 spiro atoms. The number of nitro benzene ring substituents is 1. The molecular weight excluding hydrogens is 366 g/mol. The van der Waals surface area contributed by atoms with E-state index in [1.807, 2.05) is 41.9 Å². The Balaban J connectivity index is 1.66. The van der Waals surface area contributed by atoms with Gasteiger partial charge in [0.05, 0.1) is 16.4 Å². The minimum Gasteiger partial charge on any atom is -0.325 e. The summed E-state index contributed by atoms with van der Waals surface area (Å²) in [7, 11) is 1.84. The number of anilines is 1. The third-order valence-corrected chi connectivity index (χ3v) is 4.93. The van der Waals surface area contributed by atoms with E-state index in [1.54, 1.807) is 13.0 Å². The summed E-state index contributed by atoms with van der Waals surface area (Å²) in [6.45, 7) is 1.78. The highest BCUT2D eigenvalue weighted by Gasteiger charge is 2.14. The van der Waals surface area contributed by atoms with Crippen molar-refractivity contribution in [2.75, 3.05) is 11.1 Å². The number of non-ortho nitro benzene ring substituents is 1. The Morgan fingerprint density at radius 2 is 1.96 bits per heavy atom. The van der Waals surface area contributed by atoms with Crippen LogP contribution in [0.2, 0.25) is 0 Å². The number of carbonyl (C=O) groups excluding carboxylic acids is 1. The number of hydrogen-bond acceptors (Lipinski definition) is 6. The molecule has 27 heavy (non-hydrogen) atoms. The van der Waals surface area contributed by atoms with E-state index >= 15 is 0 Å². The molecule has 0 atom stereocenters. The maximum Gasteiger partial charge on any atom is 0.271 e. The van der Waals surface area contributed by atoms with Gasteiger partial charge in [0.15, 0.2) is 11.0 Å². The first-order valence-corrected chi connectivity index (χ1v) is 9.07. The van der Waals surface area contributed by atoms with Crippen LogP contribution in [0.5, 0.6) is 0 Å². The number of rotatable bonds is 6. The van der Waals surface area contributed by atoms with Crippen LogP contribution < -0.4 is 5.32 Å². The Hall–Kier alpha value is -3.20. The standard InChI is InChI=1S/C18H17N5O3S/c1-12-8-9-14(23(25)26)10-15(12)19-16(24)11-27-18-21-20-17(22(18)2)13-6-4-3-5-7-13/h3-10H,11H2,1-2H3,(H,19,24). The van der Waals surface area contributed by atoms with Gasteiger partial charge in [-0.05, 0) is 12.5 Å². The lowest BCUT2D eigenvalue weighted by atomic mass is 10.2. The molecule has 3 aromatic rings. The predicted molar refractivity (Wildman–Crippen MR) is 104 cm³/mol. The highest BCUT2D eigenvalue weighted by Crippen LogP contribution is 2.24. The lowest BCUT2D eigenvalue weighted by Gasteiger charge is -2.08. The average Bonchev–Trinajstić information content (AvgIpc) is 3.03. The fourth-order valence-corrected chi connectivity index (χ4v) is 3.16. The Morgan fingerprint density at radius 3 is 2.67 bits per heavy atom. The molecular formula is C18H17N5O3S. The molecule has 0 fully saturated rings. The first kappa shape index (κ1) is 18.6. The van der Waals surface area contributed by atoms with E-state index < -0.39 is 4.92 Å². The fourth-order valence-electron chi connectivity index (χ4n) is 2.45. The SMILES string of the molecule is Cc1ccc([N+](=O)[O-])cc1NC(=O)CSc1nnc(-c2ccccc2)n1C. The van der Waals surface area contributed by atoms with Crippen molar-refractivity contribution >= 4 is 29.0 Å². The molecule has 9 heteroatoms. The summed E-state index contributed by atoms with van der Waals surface area (Å²) in [6.07, 6.45) is 0. The smallest absolute Gasteiger partial charge is 0.271 e. The highest BCUT2D eigenvalue weighted by atomic mass is 32.2. The summed E-state index contributed by atoms with van der Waals surface area (Å²) in [5.41, 5.74) is 2.06. The Kier molecular flexibility index (Phi) is 5.51. The van der Waals surface area contributed by atoms with E-state index in [0.29, 0.717) is 16.7 Å². The Labute approximate surface area is 159 Å². The maximum absolute atomic E-state index is 12.2. The van der Waals surface area contributed by atoms with Gasteiger partial charge in [-0.2, -0.15) is 0 Å². The number of amides is 1. The third-order valence-electron chi connectivity index (χ3n) is 3.91. The van der Waals surface area contributed by atoms with E-state index in [0.717, 1.165) is 11.1 Å². The molecule has 0 radical (unpaired) electrons. The van der Waals surface area contributed by atoms with Crippen molar-refractivity contribution in [2.45, 2.75) is 12.1 Å². The van der Waals surface area contributed by atoms with E-state index in [4.69, 9.17) is 0 Å². The molecule has 0 aliphatic rings. The summed E-state index contributed by atoms with van der Waals surface area (Å²) in [6, 6.07) is 14.0. The molecule has 2 aromatic carbocycles. The van der Waals surface area contributed by atoms with Gasteiger partial charge in [-0.25, -0.2) is 0 Å². The second-order valence-corrected chi connectivity index (χ2v) is 6.77. The van der Waals surface area contributed by atoms with Crippen molar-refractivity contribution in [1.29, 1.82) is 0 Å². The van der Waals surface area contributed by atoms with Crippen LogP contribution in [-0.2, 0) is 11.8 Å². The average molecular weight is 383 g/mol. The van der Waals surface area contributed by atoms with Crippen LogP contribution in [0.15, 0.2) is 53.7 Å². The van der Waals surface area contributed by atoms with Gasteiger partial charge in [-0.15, -0.1) is 10.2 Å². The van der Waals surface area contributed by atoms with Crippen LogP contribution in [0.25, 0.3) is 11.4 Å². The summed E-state index contributed by atoms with van der Waals surface area (Å²) in [5, 5.41) is 22.5. The molecule has 138 valence electrons. The second kappa shape index (κ2) is 8.00. The molecule has 0 aliphatic carbocycles. The van der Waals surface area contributed by atoms with Crippen molar-refractivity contribution in [1.82, 2.24) is 14.8 Å². The number of aryl methyl sites for hydroxylation is 1. The molecule has 1 amide bonds. The van der Waals surface area contributed by atoms with Crippen LogP contribution in [0.1, 0.15) is 5.56 Å². The number of nitrogens with one attached hydrogen (secondary N) is 1. The number of benzene rings is 2. The molecule has 1 heterocycles. The minimum absolute atomic E-state index is 0.0654. The molecule has 3 rings (SSSR count). The molecule has 1 N–H and O–H groups in total. The van der Waals surface area contributed by atoms with Crippen molar-refractivity contribution in [2.24, 2.45) is 7.05 Å². The Morgan fingerprint density at radius 1 is 1.22 bits per heavy atom. The lowest BCUT2D eigenvalue weighted by Crippen LogP contribution is -2.15. The van der Waals surface area contributed by atoms with E-state index in [9.17, 15) is 14.9 Å². The molecule has 0 bridgehead atoms. The van der Waals surface area contributed by atoms with E-state index in [1.165, 1.54) is 23.9 Å². The molecule has 0 unspecified atom stereocenters. The molecule has 0 saturated heterocycles. The van der Waals surface area contributed by atoms with Gasteiger partial charge in [0.1, 0.15) is 0 Å². The van der Waals surface area contributed by atoms with Crippen LogP contribution in [0.4, 0.5) is 11.4 Å². The normalized spacial score (nSPS) is 10.6. The van der Waals surface area contributed by atoms with Gasteiger partial charge in [-0.3, -0.25) is 14.9 Å². The van der Waals surface area contributed by atoms with Crippen LogP contribution >= 0.6 is 11.8 Å². The first-order chi connectivity index (χ1) is 13.0. The highest BCUT2D eigenvalue weighted by molar-refractivity contribution is 7.99. The van der Waals surface area contributed by atoms with Crippen LogP contribution in [-0.4, -0.2) is 31.3 Å². The van der Waals surface area contributed by atoms with Crippen molar-refractivity contribution in [3.63, 3.8) is 0 Å². The zero-order valence-electron chi connectivity index (χ0n) is 14.7. The van der Waals surface area contributed by atoms with Gasteiger partial charge >= 0.3 is 0 Å². The zero-order valence-corrected chi connectivity index (χ0v) is 15.6. The van der Waals surface area contributed by atoms with E-state index in [-0.39, 0.29) is 17.3 Å². The Bertz CT molecular complexity index is 988. The number of thioether (sulfide) groups is 1. The van der Waals surface area contributed by atoms with Gasteiger partial charge in [-0.1, -0.05) is 48.2 Å². The van der Waals surface area contributed by atoms with Crippen LogP contribution in [0.3, 0.4) is 0 Å². The van der Waals surface area contributed by atoms with Gasteiger partial charge < -0.3 is 9.88 Å². The van der Waals surface area contributed by atoms with E-state index in [2.05, 4.69) is 15.5 Å². The fraction of sp³-hybridized carbons (Fsp3) is 0.167. The number of carbonyl (C=O) groups is 1. The molecule has 0 saturated carbocycles. The maximum atomic E-state index is 12.2. The van der Waals surface area contributed by atoms with Gasteiger partial charge in [0.2, 0.25) is 5.91 Å². The molecule has 8 nitrogen and oxygen atoms in total. The number of aromatic nitrogens is 3. The topological polar surface area (TPSA) is 103 Å². The van der Waals surface area contributed by atoms with Gasteiger partial charge in [0.25, 0.3) is 5.69 Å². The van der Waals surface area contributed by atoms with Crippen molar-refractivity contribution in [3.05, 3.63) is 64.2 Å². The largest absolute Gasteiger partial charge is 0.325 e. The van der Waals surface area contributed by atoms with Crippen LogP contribution in [0, 0.1) is 17.0 Å². The predicted octanol–water partition coefficient (Wildman–Crippen LogP) is 3.43. The summed E-state index contributed by atoms with van der Waals surface area (Å²) < 4.78 is 1.83. The van der Waals surface area contributed by atoms with Gasteiger partial charge in [0, 0.05) is 24.7 Å². The first-order valence-electron chi connectivity index (χ1n) is 8.08. The third kappa shape index (κ3) is 4.32. The number of nitro groups is 1. The zero-order chi connectivity index (χ0) is 19.4. The minimum atomic E-state index is -0.492. The number of nitrogens with zero attached hydrogens (tertiary/aromatic N) is 4. The summed E-state index contributed by atoms with van der Waals surface area (Å²) >= 11 is 1.25. The van der Waals surface area contributed by atoms with Crippen molar-refractivity contribution in [3.8, 4) is 11.4 Å². The van der Waals surface area contributed by atoms with Crippen molar-refractivity contribution < 1.29 is 9.72 Å². The molecule has 0 aliphatic heterocycles.